The number of nitrogens with zero attached hydrogens (tertiary/aromatic N) is 1. The normalized spacial score (nSPS) is 19.1. The lowest BCUT2D eigenvalue weighted by molar-refractivity contribution is 0.0187. The van der Waals surface area contributed by atoms with Crippen molar-refractivity contribution in [3.63, 3.8) is 0 Å². The first-order chi connectivity index (χ1) is 10.3. The zero-order chi connectivity index (χ0) is 16.2. The molecule has 1 aromatic rings. The molecule has 0 radical (unpaired) electrons. The van der Waals surface area contributed by atoms with Gasteiger partial charge in [0.15, 0.2) is 0 Å². The van der Waals surface area contributed by atoms with E-state index in [-0.39, 0.29) is 6.09 Å². The maximum Gasteiger partial charge on any atom is 0.410 e. The molecule has 1 aliphatic rings. The minimum atomic E-state index is -0.444. The van der Waals surface area contributed by atoms with Gasteiger partial charge in [-0.15, -0.1) is 0 Å². The van der Waals surface area contributed by atoms with Gasteiger partial charge in [-0.3, -0.25) is 0 Å². The number of hydrogen-bond acceptors (Lipinski definition) is 3. The Kier molecular flexibility index (Phi) is 5.70. The molecule has 1 aliphatic heterocycles. The molecule has 0 bridgehead atoms. The Bertz CT molecular complexity index is 496. The molecule has 5 heteroatoms. The second kappa shape index (κ2) is 7.34. The third kappa shape index (κ3) is 5.50. The lowest BCUT2D eigenvalue weighted by atomic mass is 10.1. The number of halogens is 1. The molecule has 1 unspecified atom stereocenters. The predicted octanol–water partition coefficient (Wildman–Crippen LogP) is 3.83. The topological polar surface area (TPSA) is 41.6 Å². The van der Waals surface area contributed by atoms with E-state index in [1.807, 2.05) is 45.0 Å². The maximum absolute atomic E-state index is 12.1. The van der Waals surface area contributed by atoms with Gasteiger partial charge in [0.05, 0.1) is 0 Å². The van der Waals surface area contributed by atoms with E-state index in [0.29, 0.717) is 12.6 Å². The summed E-state index contributed by atoms with van der Waals surface area (Å²) in [5, 5.41) is 4.26. The highest BCUT2D eigenvalue weighted by Crippen LogP contribution is 2.16. The monoisotopic (exact) mass is 324 g/mol. The van der Waals surface area contributed by atoms with Gasteiger partial charge in [-0.1, -0.05) is 23.7 Å². The Morgan fingerprint density at radius 3 is 2.68 bits per heavy atom. The summed E-state index contributed by atoms with van der Waals surface area (Å²) in [5.74, 6) is 0. The van der Waals surface area contributed by atoms with Crippen LogP contribution >= 0.6 is 11.6 Å². The van der Waals surface area contributed by atoms with Gasteiger partial charge < -0.3 is 15.0 Å². The number of piperidine rings is 1. The quantitative estimate of drug-likeness (QED) is 0.918. The molecule has 1 atom stereocenters. The van der Waals surface area contributed by atoms with Crippen molar-refractivity contribution in [1.29, 1.82) is 0 Å². The van der Waals surface area contributed by atoms with Gasteiger partial charge in [-0.25, -0.2) is 4.79 Å². The number of amides is 1. The van der Waals surface area contributed by atoms with E-state index in [2.05, 4.69) is 5.32 Å². The van der Waals surface area contributed by atoms with Crippen LogP contribution in [0.3, 0.4) is 0 Å². The fourth-order valence-corrected chi connectivity index (χ4v) is 2.63. The van der Waals surface area contributed by atoms with Gasteiger partial charge in [-0.05, 0) is 51.3 Å². The second-order valence-electron chi connectivity index (χ2n) is 6.77. The van der Waals surface area contributed by atoms with Gasteiger partial charge in [-0.2, -0.15) is 0 Å². The zero-order valence-electron chi connectivity index (χ0n) is 13.6. The first-order valence-electron chi connectivity index (χ1n) is 7.79. The van der Waals surface area contributed by atoms with E-state index in [1.54, 1.807) is 4.90 Å². The van der Waals surface area contributed by atoms with Gasteiger partial charge in [0.25, 0.3) is 0 Å². The largest absolute Gasteiger partial charge is 0.444 e. The molecule has 0 aromatic heterocycles. The Morgan fingerprint density at radius 1 is 1.36 bits per heavy atom. The number of rotatable bonds is 3. The summed E-state index contributed by atoms with van der Waals surface area (Å²) in [6.07, 6.45) is 1.86. The number of hydrogen-bond donors (Lipinski definition) is 1. The lowest BCUT2D eigenvalue weighted by Gasteiger charge is -2.34. The average Bonchev–Trinajstić information content (AvgIpc) is 2.45. The van der Waals surface area contributed by atoms with Crippen molar-refractivity contribution in [2.75, 3.05) is 13.1 Å². The third-order valence-corrected chi connectivity index (χ3v) is 3.83. The van der Waals surface area contributed by atoms with Crippen molar-refractivity contribution >= 4 is 17.7 Å². The molecule has 2 rings (SSSR count). The number of carbonyl (C=O) groups excluding carboxylic acids is 1. The molecule has 4 nitrogen and oxygen atoms in total. The molecule has 0 spiro atoms. The standard InChI is InChI=1S/C17H25ClN2O2/c1-17(2,3)22-16(21)20-10-4-5-15(12-20)19-11-13-6-8-14(18)9-7-13/h6-9,15,19H,4-5,10-12H2,1-3H3. The summed E-state index contributed by atoms with van der Waals surface area (Å²) in [4.78, 5) is 13.9. The molecular weight excluding hydrogens is 300 g/mol. The maximum atomic E-state index is 12.1. The summed E-state index contributed by atoms with van der Waals surface area (Å²) in [7, 11) is 0. The van der Waals surface area contributed by atoms with E-state index in [4.69, 9.17) is 16.3 Å². The average molecular weight is 325 g/mol. The lowest BCUT2D eigenvalue weighted by Crippen LogP contribution is -2.49. The summed E-state index contributed by atoms with van der Waals surface area (Å²) in [5.41, 5.74) is 0.750. The van der Waals surface area contributed by atoms with Crippen molar-refractivity contribution in [2.24, 2.45) is 0 Å². The van der Waals surface area contributed by atoms with Crippen LogP contribution in [0.15, 0.2) is 24.3 Å². The highest BCUT2D eigenvalue weighted by molar-refractivity contribution is 6.30. The van der Waals surface area contributed by atoms with Crippen molar-refractivity contribution in [3.05, 3.63) is 34.9 Å². The van der Waals surface area contributed by atoms with Gasteiger partial charge in [0, 0.05) is 30.7 Å². The number of likely N-dealkylation sites (tertiary alicyclic amines) is 1. The van der Waals surface area contributed by atoms with Crippen LogP contribution in [0.2, 0.25) is 5.02 Å². The number of benzene rings is 1. The molecule has 1 amide bonds. The van der Waals surface area contributed by atoms with Crippen LogP contribution in [0, 0.1) is 0 Å². The SMILES string of the molecule is CC(C)(C)OC(=O)N1CCCC(NCc2ccc(Cl)cc2)C1. The predicted molar refractivity (Wildman–Crippen MR) is 89.1 cm³/mol. The Morgan fingerprint density at radius 2 is 2.05 bits per heavy atom. The Labute approximate surface area is 137 Å². The first kappa shape index (κ1) is 17.1. The summed E-state index contributed by atoms with van der Waals surface area (Å²) in [6, 6.07) is 8.13. The van der Waals surface area contributed by atoms with Crippen molar-refractivity contribution in [2.45, 2.75) is 51.8 Å². The fraction of sp³-hybridized carbons (Fsp3) is 0.588. The van der Waals surface area contributed by atoms with E-state index < -0.39 is 5.60 Å². The Hall–Kier alpha value is -1.26. The molecule has 1 heterocycles. The first-order valence-corrected chi connectivity index (χ1v) is 8.17. The van der Waals surface area contributed by atoms with Crippen LogP contribution in [-0.4, -0.2) is 35.7 Å². The van der Waals surface area contributed by atoms with Crippen LogP contribution < -0.4 is 5.32 Å². The molecule has 0 aliphatic carbocycles. The van der Waals surface area contributed by atoms with E-state index in [9.17, 15) is 4.79 Å². The van der Waals surface area contributed by atoms with Crippen molar-refractivity contribution in [3.8, 4) is 0 Å². The second-order valence-corrected chi connectivity index (χ2v) is 7.21. The minimum Gasteiger partial charge on any atom is -0.444 e. The van der Waals surface area contributed by atoms with E-state index in [1.165, 1.54) is 5.56 Å². The van der Waals surface area contributed by atoms with Crippen molar-refractivity contribution < 1.29 is 9.53 Å². The van der Waals surface area contributed by atoms with Crippen molar-refractivity contribution in [1.82, 2.24) is 10.2 Å². The molecule has 22 heavy (non-hydrogen) atoms. The molecule has 1 aromatic carbocycles. The molecular formula is C17H25ClN2O2. The Balaban J connectivity index is 1.82. The number of ether oxygens (including phenoxy) is 1. The smallest absolute Gasteiger partial charge is 0.410 e. The van der Waals surface area contributed by atoms with Crippen LogP contribution in [0.5, 0.6) is 0 Å². The van der Waals surface area contributed by atoms with Gasteiger partial charge >= 0.3 is 6.09 Å². The third-order valence-electron chi connectivity index (χ3n) is 3.58. The minimum absolute atomic E-state index is 0.217. The summed E-state index contributed by atoms with van der Waals surface area (Å²) in [6.45, 7) is 7.93. The van der Waals surface area contributed by atoms with Crippen LogP contribution in [0.4, 0.5) is 4.79 Å². The zero-order valence-corrected chi connectivity index (χ0v) is 14.3. The van der Waals surface area contributed by atoms with Crippen LogP contribution in [-0.2, 0) is 11.3 Å². The number of nitrogens with one attached hydrogen (secondary N) is 1. The highest BCUT2D eigenvalue weighted by Gasteiger charge is 2.27. The summed E-state index contributed by atoms with van der Waals surface area (Å²) < 4.78 is 5.45. The summed E-state index contributed by atoms with van der Waals surface area (Å²) >= 11 is 5.89. The van der Waals surface area contributed by atoms with Crippen LogP contribution in [0.25, 0.3) is 0 Å². The van der Waals surface area contributed by atoms with Gasteiger partial charge in [0.1, 0.15) is 5.60 Å². The highest BCUT2D eigenvalue weighted by atomic mass is 35.5. The molecule has 0 saturated carbocycles. The van der Waals surface area contributed by atoms with Gasteiger partial charge in [0.2, 0.25) is 0 Å². The van der Waals surface area contributed by atoms with Crippen LogP contribution in [0.1, 0.15) is 39.2 Å². The number of carbonyl (C=O) groups is 1. The fourth-order valence-electron chi connectivity index (χ4n) is 2.50. The molecule has 122 valence electrons. The molecule has 1 fully saturated rings. The molecule has 1 saturated heterocycles. The molecule has 1 N–H and O–H groups in total. The van der Waals surface area contributed by atoms with E-state index in [0.717, 1.165) is 31.0 Å². The van der Waals surface area contributed by atoms with E-state index >= 15 is 0 Å².